The molecular formula is C15H14F3N3OS. The fourth-order valence-corrected chi connectivity index (χ4v) is 2.26. The van der Waals surface area contributed by atoms with E-state index in [0.29, 0.717) is 10.7 Å². The number of carbonyl (C=O) groups excluding carboxylic acids is 1. The zero-order valence-corrected chi connectivity index (χ0v) is 13.3. The second-order valence-electron chi connectivity index (χ2n) is 4.82. The molecule has 0 saturated carbocycles. The Labute approximate surface area is 135 Å². The highest BCUT2D eigenvalue weighted by Crippen LogP contribution is 2.29. The van der Waals surface area contributed by atoms with Crippen LogP contribution >= 0.6 is 11.8 Å². The SMILES string of the molecule is CSc1ncc(C(=O)N(C)Cc2cccc(C(F)(F)F)c2)cn1. The number of aromatic nitrogens is 2. The van der Waals surface area contributed by atoms with Crippen molar-refractivity contribution < 1.29 is 18.0 Å². The lowest BCUT2D eigenvalue weighted by Gasteiger charge is -2.18. The van der Waals surface area contributed by atoms with Crippen molar-refractivity contribution in [1.29, 1.82) is 0 Å². The van der Waals surface area contributed by atoms with Crippen molar-refractivity contribution in [2.45, 2.75) is 17.9 Å². The van der Waals surface area contributed by atoms with Gasteiger partial charge in [-0.15, -0.1) is 0 Å². The van der Waals surface area contributed by atoms with Crippen molar-refractivity contribution in [1.82, 2.24) is 14.9 Å². The molecule has 0 atom stereocenters. The summed E-state index contributed by atoms with van der Waals surface area (Å²) in [7, 11) is 1.52. The number of hydrogen-bond acceptors (Lipinski definition) is 4. The second-order valence-corrected chi connectivity index (χ2v) is 5.59. The molecule has 0 aliphatic heterocycles. The first kappa shape index (κ1) is 17.3. The number of rotatable bonds is 4. The summed E-state index contributed by atoms with van der Waals surface area (Å²) >= 11 is 1.35. The molecule has 1 heterocycles. The Kier molecular flexibility index (Phi) is 5.25. The molecule has 0 bridgehead atoms. The number of halogens is 3. The number of amides is 1. The number of benzene rings is 1. The van der Waals surface area contributed by atoms with E-state index < -0.39 is 11.7 Å². The monoisotopic (exact) mass is 341 g/mol. The highest BCUT2D eigenvalue weighted by atomic mass is 32.2. The normalized spacial score (nSPS) is 11.3. The topological polar surface area (TPSA) is 46.1 Å². The first-order valence-electron chi connectivity index (χ1n) is 6.59. The largest absolute Gasteiger partial charge is 0.416 e. The third kappa shape index (κ3) is 4.44. The van der Waals surface area contributed by atoms with E-state index in [1.807, 2.05) is 6.26 Å². The fourth-order valence-electron chi connectivity index (χ4n) is 1.94. The molecule has 1 aromatic heterocycles. The van der Waals surface area contributed by atoms with E-state index in [-0.39, 0.29) is 18.0 Å². The Morgan fingerprint density at radius 2 is 1.91 bits per heavy atom. The van der Waals surface area contributed by atoms with Gasteiger partial charge in [-0.3, -0.25) is 4.79 Å². The molecule has 0 radical (unpaired) electrons. The minimum Gasteiger partial charge on any atom is -0.337 e. The van der Waals surface area contributed by atoms with Gasteiger partial charge in [0.25, 0.3) is 5.91 Å². The molecule has 0 fully saturated rings. The maximum Gasteiger partial charge on any atom is 0.416 e. The Balaban J connectivity index is 2.11. The van der Waals surface area contributed by atoms with Crippen LogP contribution in [0.4, 0.5) is 13.2 Å². The smallest absolute Gasteiger partial charge is 0.337 e. The van der Waals surface area contributed by atoms with Crippen LogP contribution < -0.4 is 0 Å². The lowest BCUT2D eigenvalue weighted by molar-refractivity contribution is -0.137. The minimum atomic E-state index is -4.40. The fraction of sp³-hybridized carbons (Fsp3) is 0.267. The molecule has 0 unspecified atom stereocenters. The Morgan fingerprint density at radius 3 is 2.48 bits per heavy atom. The van der Waals surface area contributed by atoms with Gasteiger partial charge in [-0.2, -0.15) is 13.2 Å². The van der Waals surface area contributed by atoms with E-state index in [1.54, 1.807) is 6.07 Å². The number of alkyl halides is 3. The molecule has 1 amide bonds. The summed E-state index contributed by atoms with van der Waals surface area (Å²) in [6.07, 6.45) is 0.226. The molecule has 122 valence electrons. The van der Waals surface area contributed by atoms with Crippen molar-refractivity contribution in [2.75, 3.05) is 13.3 Å². The number of carbonyl (C=O) groups is 1. The van der Waals surface area contributed by atoms with Crippen LogP contribution in [0.5, 0.6) is 0 Å². The molecule has 0 aliphatic rings. The summed E-state index contributed by atoms with van der Waals surface area (Å²) < 4.78 is 38.1. The summed E-state index contributed by atoms with van der Waals surface area (Å²) in [5, 5.41) is 0.544. The molecule has 23 heavy (non-hydrogen) atoms. The third-order valence-electron chi connectivity index (χ3n) is 3.08. The van der Waals surface area contributed by atoms with Crippen LogP contribution in [0.15, 0.2) is 41.8 Å². The van der Waals surface area contributed by atoms with Crippen LogP contribution in [-0.4, -0.2) is 34.1 Å². The molecule has 2 rings (SSSR count). The van der Waals surface area contributed by atoms with Gasteiger partial charge in [0.2, 0.25) is 0 Å². The zero-order chi connectivity index (χ0) is 17.0. The van der Waals surface area contributed by atoms with Gasteiger partial charge in [0, 0.05) is 26.0 Å². The predicted octanol–water partition coefficient (Wildman–Crippen LogP) is 3.49. The predicted molar refractivity (Wildman–Crippen MR) is 81.1 cm³/mol. The number of nitrogens with zero attached hydrogens (tertiary/aromatic N) is 3. The summed E-state index contributed by atoms with van der Waals surface area (Å²) in [6, 6.07) is 4.91. The van der Waals surface area contributed by atoms with Gasteiger partial charge in [0.05, 0.1) is 11.1 Å². The average molecular weight is 341 g/mol. The highest BCUT2D eigenvalue weighted by Gasteiger charge is 2.30. The van der Waals surface area contributed by atoms with Crippen molar-refractivity contribution >= 4 is 17.7 Å². The Bertz CT molecular complexity index is 689. The van der Waals surface area contributed by atoms with Gasteiger partial charge in [-0.05, 0) is 24.0 Å². The Morgan fingerprint density at radius 1 is 1.26 bits per heavy atom. The van der Waals surface area contributed by atoms with Crippen LogP contribution in [0.2, 0.25) is 0 Å². The highest BCUT2D eigenvalue weighted by molar-refractivity contribution is 7.98. The van der Waals surface area contributed by atoms with Crippen molar-refractivity contribution in [3.05, 3.63) is 53.3 Å². The first-order chi connectivity index (χ1) is 10.8. The van der Waals surface area contributed by atoms with Crippen LogP contribution in [-0.2, 0) is 12.7 Å². The minimum absolute atomic E-state index is 0.0625. The first-order valence-corrected chi connectivity index (χ1v) is 7.81. The van der Waals surface area contributed by atoms with Gasteiger partial charge in [0.15, 0.2) is 5.16 Å². The van der Waals surface area contributed by atoms with Crippen LogP contribution in [0, 0.1) is 0 Å². The van der Waals surface area contributed by atoms with E-state index in [0.717, 1.165) is 12.1 Å². The molecular weight excluding hydrogens is 327 g/mol. The number of hydrogen-bond donors (Lipinski definition) is 0. The van der Waals surface area contributed by atoms with E-state index in [1.165, 1.54) is 42.2 Å². The van der Waals surface area contributed by atoms with Gasteiger partial charge >= 0.3 is 6.18 Å². The summed E-state index contributed by atoms with van der Waals surface area (Å²) in [5.74, 6) is -0.352. The van der Waals surface area contributed by atoms with Crippen LogP contribution in [0.25, 0.3) is 0 Å². The van der Waals surface area contributed by atoms with E-state index in [9.17, 15) is 18.0 Å². The summed E-state index contributed by atoms with van der Waals surface area (Å²) in [4.78, 5) is 21.6. The van der Waals surface area contributed by atoms with Gasteiger partial charge in [-0.1, -0.05) is 23.9 Å². The lowest BCUT2D eigenvalue weighted by atomic mass is 10.1. The zero-order valence-electron chi connectivity index (χ0n) is 12.5. The van der Waals surface area contributed by atoms with Crippen molar-refractivity contribution in [3.8, 4) is 0 Å². The molecule has 0 N–H and O–H groups in total. The Hall–Kier alpha value is -2.09. The van der Waals surface area contributed by atoms with E-state index in [4.69, 9.17) is 0 Å². The lowest BCUT2D eigenvalue weighted by Crippen LogP contribution is -2.26. The van der Waals surface area contributed by atoms with Crippen molar-refractivity contribution in [2.24, 2.45) is 0 Å². The molecule has 0 spiro atoms. The summed E-state index contributed by atoms with van der Waals surface area (Å²) in [5.41, 5.74) is -0.0434. The molecule has 4 nitrogen and oxygen atoms in total. The van der Waals surface area contributed by atoms with Gasteiger partial charge in [-0.25, -0.2) is 9.97 Å². The second kappa shape index (κ2) is 6.99. The summed E-state index contributed by atoms with van der Waals surface area (Å²) in [6.45, 7) is 0.0625. The van der Waals surface area contributed by atoms with Crippen LogP contribution in [0.3, 0.4) is 0 Å². The maximum absolute atomic E-state index is 12.7. The van der Waals surface area contributed by atoms with Crippen molar-refractivity contribution in [3.63, 3.8) is 0 Å². The standard InChI is InChI=1S/C15H14F3N3OS/c1-21(13(22)11-7-19-14(23-2)20-8-11)9-10-4-3-5-12(6-10)15(16,17)18/h3-8H,9H2,1-2H3. The molecule has 0 aliphatic carbocycles. The van der Waals surface area contributed by atoms with Crippen LogP contribution in [0.1, 0.15) is 21.5 Å². The molecule has 8 heteroatoms. The molecule has 1 aromatic carbocycles. The molecule has 0 saturated heterocycles. The molecule has 2 aromatic rings. The van der Waals surface area contributed by atoms with E-state index >= 15 is 0 Å². The van der Waals surface area contributed by atoms with E-state index in [2.05, 4.69) is 9.97 Å². The van der Waals surface area contributed by atoms with Gasteiger partial charge in [0.1, 0.15) is 0 Å². The maximum atomic E-state index is 12.7. The number of thioether (sulfide) groups is 1. The third-order valence-corrected chi connectivity index (χ3v) is 3.65. The van der Waals surface area contributed by atoms with Gasteiger partial charge < -0.3 is 4.90 Å². The quantitative estimate of drug-likeness (QED) is 0.631. The average Bonchev–Trinajstić information content (AvgIpc) is 2.53.